The van der Waals surface area contributed by atoms with Crippen molar-refractivity contribution in [2.45, 2.75) is 19.2 Å². The first kappa shape index (κ1) is 12.8. The Morgan fingerprint density at radius 1 is 1.11 bits per heavy atom. The van der Waals surface area contributed by atoms with Crippen molar-refractivity contribution in [3.05, 3.63) is 53.3 Å². The van der Waals surface area contributed by atoms with Crippen molar-refractivity contribution in [3.63, 3.8) is 0 Å². The van der Waals surface area contributed by atoms with Crippen LogP contribution in [0.5, 0.6) is 0 Å². The minimum atomic E-state index is -0.0874. The molecule has 0 saturated heterocycles. The lowest BCUT2D eigenvalue weighted by molar-refractivity contribution is 0.937. The standard InChI is InChI=1S/C14H16ClN3/c1-10-8-11(2)18-14(17-10)16-9-13(15)12-6-4-3-5-7-12/h3-8,13H,9H2,1-2H3,(H,16,17,18). The van der Waals surface area contributed by atoms with Gasteiger partial charge in [-0.2, -0.15) is 0 Å². The van der Waals surface area contributed by atoms with E-state index in [-0.39, 0.29) is 5.38 Å². The minimum Gasteiger partial charge on any atom is -0.352 e. The van der Waals surface area contributed by atoms with Gasteiger partial charge in [-0.15, -0.1) is 11.6 Å². The minimum absolute atomic E-state index is 0.0874. The van der Waals surface area contributed by atoms with E-state index in [0.717, 1.165) is 17.0 Å². The molecule has 1 unspecified atom stereocenters. The molecule has 1 aromatic carbocycles. The van der Waals surface area contributed by atoms with Crippen LogP contribution in [0.4, 0.5) is 5.95 Å². The number of nitrogens with zero attached hydrogens (tertiary/aromatic N) is 2. The molecular weight excluding hydrogens is 246 g/mol. The lowest BCUT2D eigenvalue weighted by atomic mass is 10.1. The van der Waals surface area contributed by atoms with Crippen molar-refractivity contribution in [1.82, 2.24) is 9.97 Å². The monoisotopic (exact) mass is 261 g/mol. The fourth-order valence-electron chi connectivity index (χ4n) is 1.77. The van der Waals surface area contributed by atoms with E-state index in [2.05, 4.69) is 15.3 Å². The number of hydrogen-bond donors (Lipinski definition) is 1. The normalized spacial score (nSPS) is 12.2. The van der Waals surface area contributed by atoms with Gasteiger partial charge < -0.3 is 5.32 Å². The van der Waals surface area contributed by atoms with Crippen molar-refractivity contribution in [3.8, 4) is 0 Å². The molecule has 3 nitrogen and oxygen atoms in total. The molecule has 2 rings (SSSR count). The summed E-state index contributed by atoms with van der Waals surface area (Å²) in [7, 11) is 0. The predicted molar refractivity (Wildman–Crippen MR) is 75.0 cm³/mol. The second kappa shape index (κ2) is 5.83. The number of anilines is 1. The van der Waals surface area contributed by atoms with Gasteiger partial charge in [-0.25, -0.2) is 9.97 Å². The number of aromatic nitrogens is 2. The third kappa shape index (κ3) is 3.44. The summed E-state index contributed by atoms with van der Waals surface area (Å²) < 4.78 is 0. The third-order valence-electron chi connectivity index (χ3n) is 2.58. The van der Waals surface area contributed by atoms with Crippen molar-refractivity contribution in [1.29, 1.82) is 0 Å². The maximum atomic E-state index is 6.32. The molecule has 18 heavy (non-hydrogen) atoms. The van der Waals surface area contributed by atoms with Gasteiger partial charge in [-0.1, -0.05) is 30.3 Å². The zero-order valence-corrected chi connectivity index (χ0v) is 11.3. The Bertz CT molecular complexity index is 493. The summed E-state index contributed by atoms with van der Waals surface area (Å²) in [4.78, 5) is 8.64. The van der Waals surface area contributed by atoms with Crippen LogP contribution in [-0.2, 0) is 0 Å². The molecule has 0 radical (unpaired) electrons. The summed E-state index contributed by atoms with van der Waals surface area (Å²) in [6.07, 6.45) is 0. The summed E-state index contributed by atoms with van der Waals surface area (Å²) in [6, 6.07) is 11.9. The smallest absolute Gasteiger partial charge is 0.223 e. The fraction of sp³-hybridized carbons (Fsp3) is 0.286. The average molecular weight is 262 g/mol. The molecule has 1 heterocycles. The molecule has 94 valence electrons. The molecule has 2 aromatic rings. The van der Waals surface area contributed by atoms with E-state index in [1.807, 2.05) is 50.2 Å². The SMILES string of the molecule is Cc1cc(C)nc(NCC(Cl)c2ccccc2)n1. The zero-order valence-electron chi connectivity index (χ0n) is 10.5. The summed E-state index contributed by atoms with van der Waals surface area (Å²) in [5.41, 5.74) is 3.00. The van der Waals surface area contributed by atoms with Gasteiger partial charge in [0.25, 0.3) is 0 Å². The number of benzene rings is 1. The van der Waals surface area contributed by atoms with Crippen LogP contribution in [0, 0.1) is 13.8 Å². The molecule has 1 aromatic heterocycles. The first-order chi connectivity index (χ1) is 8.65. The van der Waals surface area contributed by atoms with E-state index >= 15 is 0 Å². The van der Waals surface area contributed by atoms with E-state index in [1.165, 1.54) is 0 Å². The Morgan fingerprint density at radius 3 is 2.33 bits per heavy atom. The van der Waals surface area contributed by atoms with Crippen LogP contribution in [0.1, 0.15) is 22.3 Å². The van der Waals surface area contributed by atoms with Crippen LogP contribution < -0.4 is 5.32 Å². The Hall–Kier alpha value is -1.61. The highest BCUT2D eigenvalue weighted by Gasteiger charge is 2.08. The highest BCUT2D eigenvalue weighted by molar-refractivity contribution is 6.21. The third-order valence-corrected chi connectivity index (χ3v) is 2.99. The molecular formula is C14H16ClN3. The molecule has 0 spiro atoms. The molecule has 1 N–H and O–H groups in total. The van der Waals surface area contributed by atoms with Crippen molar-refractivity contribution < 1.29 is 0 Å². The van der Waals surface area contributed by atoms with E-state index in [1.54, 1.807) is 0 Å². The van der Waals surface area contributed by atoms with Crippen LogP contribution in [0.15, 0.2) is 36.4 Å². The number of halogens is 1. The summed E-state index contributed by atoms with van der Waals surface area (Å²) in [5, 5.41) is 3.08. The number of aryl methyl sites for hydroxylation is 2. The summed E-state index contributed by atoms with van der Waals surface area (Å²) in [6.45, 7) is 4.51. The Balaban J connectivity index is 1.99. The number of rotatable bonds is 4. The highest BCUT2D eigenvalue weighted by atomic mass is 35.5. The van der Waals surface area contributed by atoms with Crippen LogP contribution in [0.3, 0.4) is 0 Å². The molecule has 0 bridgehead atoms. The molecule has 0 aliphatic carbocycles. The van der Waals surface area contributed by atoms with E-state index in [0.29, 0.717) is 12.5 Å². The lowest BCUT2D eigenvalue weighted by Gasteiger charge is -2.11. The first-order valence-electron chi connectivity index (χ1n) is 5.90. The van der Waals surface area contributed by atoms with Crippen LogP contribution >= 0.6 is 11.6 Å². The summed E-state index contributed by atoms with van der Waals surface area (Å²) >= 11 is 6.32. The maximum absolute atomic E-state index is 6.32. The Morgan fingerprint density at radius 2 is 1.72 bits per heavy atom. The van der Waals surface area contributed by atoms with Crippen LogP contribution in [-0.4, -0.2) is 16.5 Å². The topological polar surface area (TPSA) is 37.8 Å². The molecule has 1 atom stereocenters. The van der Waals surface area contributed by atoms with Gasteiger partial charge in [-0.3, -0.25) is 0 Å². The Labute approximate surface area is 112 Å². The van der Waals surface area contributed by atoms with E-state index in [4.69, 9.17) is 11.6 Å². The molecule has 0 aliphatic heterocycles. The average Bonchev–Trinajstić information content (AvgIpc) is 2.36. The van der Waals surface area contributed by atoms with Crippen LogP contribution in [0.25, 0.3) is 0 Å². The molecule has 0 amide bonds. The molecule has 0 aliphatic rings. The second-order valence-corrected chi connectivity index (χ2v) is 4.76. The van der Waals surface area contributed by atoms with Gasteiger partial charge in [0.15, 0.2) is 0 Å². The second-order valence-electron chi connectivity index (χ2n) is 4.23. The highest BCUT2D eigenvalue weighted by Crippen LogP contribution is 2.20. The van der Waals surface area contributed by atoms with Gasteiger partial charge in [-0.05, 0) is 25.5 Å². The summed E-state index contributed by atoms with van der Waals surface area (Å²) in [5.74, 6) is 0.633. The molecule has 0 saturated carbocycles. The zero-order chi connectivity index (χ0) is 13.0. The number of alkyl halides is 1. The van der Waals surface area contributed by atoms with Gasteiger partial charge in [0.05, 0.1) is 5.38 Å². The number of hydrogen-bond acceptors (Lipinski definition) is 3. The van der Waals surface area contributed by atoms with Gasteiger partial charge in [0.1, 0.15) is 0 Å². The first-order valence-corrected chi connectivity index (χ1v) is 6.34. The lowest BCUT2D eigenvalue weighted by Crippen LogP contribution is -2.11. The Kier molecular flexibility index (Phi) is 4.15. The molecule has 0 fully saturated rings. The molecule has 4 heteroatoms. The quantitative estimate of drug-likeness (QED) is 0.857. The van der Waals surface area contributed by atoms with E-state index < -0.39 is 0 Å². The largest absolute Gasteiger partial charge is 0.352 e. The van der Waals surface area contributed by atoms with Crippen molar-refractivity contribution in [2.75, 3.05) is 11.9 Å². The van der Waals surface area contributed by atoms with E-state index in [9.17, 15) is 0 Å². The van der Waals surface area contributed by atoms with Gasteiger partial charge in [0, 0.05) is 17.9 Å². The number of nitrogens with one attached hydrogen (secondary N) is 1. The maximum Gasteiger partial charge on any atom is 0.223 e. The fourth-order valence-corrected chi connectivity index (χ4v) is 1.99. The van der Waals surface area contributed by atoms with Crippen molar-refractivity contribution in [2.24, 2.45) is 0 Å². The van der Waals surface area contributed by atoms with Crippen LogP contribution in [0.2, 0.25) is 0 Å². The van der Waals surface area contributed by atoms with Crippen molar-refractivity contribution >= 4 is 17.5 Å². The van der Waals surface area contributed by atoms with Gasteiger partial charge in [0.2, 0.25) is 5.95 Å². The predicted octanol–water partition coefficient (Wildman–Crippen LogP) is 3.49. The van der Waals surface area contributed by atoms with Gasteiger partial charge >= 0.3 is 0 Å².